The molecule has 0 spiro atoms. The number of hydrogen-bond acceptors (Lipinski definition) is 2. The van der Waals surface area contributed by atoms with Gasteiger partial charge in [-0.15, -0.1) is 0 Å². The minimum Gasteiger partial charge on any atom is -1.00 e. The Labute approximate surface area is 120 Å². The van der Waals surface area contributed by atoms with Crippen molar-refractivity contribution in [2.45, 2.75) is 13.0 Å². The third-order valence-corrected chi connectivity index (χ3v) is 2.90. The molecule has 0 amide bonds. The lowest BCUT2D eigenvalue weighted by molar-refractivity contribution is -0.00000478. The molecular weight excluding hydrogens is 258 g/mol. The van der Waals surface area contributed by atoms with E-state index in [1.54, 1.807) is 0 Å². The van der Waals surface area contributed by atoms with E-state index < -0.39 is 0 Å². The van der Waals surface area contributed by atoms with Gasteiger partial charge in [0.15, 0.2) is 0 Å². The summed E-state index contributed by atoms with van der Waals surface area (Å²) in [7, 11) is 0. The van der Waals surface area contributed by atoms with Crippen LogP contribution in [0, 0.1) is 0 Å². The van der Waals surface area contributed by atoms with Crippen molar-refractivity contribution in [2.75, 3.05) is 13.2 Å². The zero-order valence-corrected chi connectivity index (χ0v) is 11.6. The Bertz CT molecular complexity index is 456. The van der Waals surface area contributed by atoms with E-state index in [9.17, 15) is 0 Å². The smallest absolute Gasteiger partial charge is 0.0443 e. The Morgan fingerprint density at radius 2 is 1.47 bits per heavy atom. The van der Waals surface area contributed by atoms with Crippen molar-refractivity contribution in [2.24, 2.45) is 0 Å². The minimum absolute atomic E-state index is 0. The van der Waals surface area contributed by atoms with E-state index in [0.29, 0.717) is 0 Å². The zero-order chi connectivity index (χ0) is 12.6. The SMILES string of the molecule is OCCCNCc1ccc(-c2ccccc2)cc1.[Cl-]. The molecule has 0 fully saturated rings. The molecule has 0 unspecified atom stereocenters. The van der Waals surface area contributed by atoms with E-state index in [0.717, 1.165) is 19.5 Å². The van der Waals surface area contributed by atoms with E-state index in [1.807, 2.05) is 6.07 Å². The first-order chi connectivity index (χ1) is 8.90. The van der Waals surface area contributed by atoms with Crippen molar-refractivity contribution >= 4 is 0 Å². The van der Waals surface area contributed by atoms with Gasteiger partial charge in [-0.1, -0.05) is 54.6 Å². The van der Waals surface area contributed by atoms with E-state index in [-0.39, 0.29) is 19.0 Å². The molecule has 0 bridgehead atoms. The molecule has 2 rings (SSSR count). The fourth-order valence-corrected chi connectivity index (χ4v) is 1.88. The molecule has 2 nitrogen and oxygen atoms in total. The van der Waals surface area contributed by atoms with Crippen molar-refractivity contribution < 1.29 is 17.5 Å². The molecule has 0 atom stereocenters. The highest BCUT2D eigenvalue weighted by molar-refractivity contribution is 5.63. The lowest BCUT2D eigenvalue weighted by Gasteiger charge is -2.06. The van der Waals surface area contributed by atoms with Gasteiger partial charge in [0.2, 0.25) is 0 Å². The third-order valence-electron chi connectivity index (χ3n) is 2.90. The normalized spacial score (nSPS) is 9.95. The van der Waals surface area contributed by atoms with Crippen molar-refractivity contribution in [3.05, 3.63) is 60.2 Å². The van der Waals surface area contributed by atoms with E-state index in [1.165, 1.54) is 16.7 Å². The van der Waals surface area contributed by atoms with Crippen LogP contribution in [0.2, 0.25) is 0 Å². The van der Waals surface area contributed by atoms with Crippen LogP contribution in [-0.2, 0) is 6.54 Å². The lowest BCUT2D eigenvalue weighted by Crippen LogP contribution is -3.00. The van der Waals surface area contributed by atoms with Gasteiger partial charge in [0.25, 0.3) is 0 Å². The van der Waals surface area contributed by atoms with E-state index in [2.05, 4.69) is 53.8 Å². The quantitative estimate of drug-likeness (QED) is 0.718. The maximum atomic E-state index is 8.69. The summed E-state index contributed by atoms with van der Waals surface area (Å²) in [5.74, 6) is 0. The lowest BCUT2D eigenvalue weighted by atomic mass is 10.0. The largest absolute Gasteiger partial charge is 1.00 e. The first kappa shape index (κ1) is 15.7. The fourth-order valence-electron chi connectivity index (χ4n) is 1.88. The number of aliphatic hydroxyl groups excluding tert-OH is 1. The predicted molar refractivity (Wildman–Crippen MR) is 75.3 cm³/mol. The molecule has 0 aromatic heterocycles. The van der Waals surface area contributed by atoms with Crippen LogP contribution in [0.25, 0.3) is 11.1 Å². The van der Waals surface area contributed by atoms with Gasteiger partial charge in [-0.05, 0) is 29.7 Å². The van der Waals surface area contributed by atoms with Crippen molar-refractivity contribution in [3.63, 3.8) is 0 Å². The molecule has 0 saturated carbocycles. The molecule has 0 aliphatic carbocycles. The van der Waals surface area contributed by atoms with Gasteiger partial charge in [0.05, 0.1) is 0 Å². The van der Waals surface area contributed by atoms with Crippen LogP contribution in [0.5, 0.6) is 0 Å². The van der Waals surface area contributed by atoms with Crippen LogP contribution in [0.3, 0.4) is 0 Å². The van der Waals surface area contributed by atoms with Gasteiger partial charge >= 0.3 is 0 Å². The zero-order valence-electron chi connectivity index (χ0n) is 10.8. The molecule has 19 heavy (non-hydrogen) atoms. The number of hydrogen-bond donors (Lipinski definition) is 2. The summed E-state index contributed by atoms with van der Waals surface area (Å²) in [5, 5.41) is 12.0. The van der Waals surface area contributed by atoms with E-state index in [4.69, 9.17) is 5.11 Å². The number of rotatable bonds is 6. The highest BCUT2D eigenvalue weighted by Crippen LogP contribution is 2.19. The number of aliphatic hydroxyl groups is 1. The number of benzene rings is 2. The second kappa shape index (κ2) is 8.70. The van der Waals surface area contributed by atoms with Gasteiger partial charge in [0, 0.05) is 13.2 Å². The Kier molecular flexibility index (Phi) is 7.19. The van der Waals surface area contributed by atoms with Crippen LogP contribution in [0.4, 0.5) is 0 Å². The van der Waals surface area contributed by atoms with Gasteiger partial charge in [-0.2, -0.15) is 0 Å². The second-order valence-corrected chi connectivity index (χ2v) is 4.32. The highest BCUT2D eigenvalue weighted by atomic mass is 35.5. The van der Waals surface area contributed by atoms with Gasteiger partial charge in [-0.3, -0.25) is 0 Å². The first-order valence-corrected chi connectivity index (χ1v) is 6.36. The minimum atomic E-state index is 0. The number of nitrogens with one attached hydrogen (secondary N) is 1. The molecule has 0 saturated heterocycles. The molecule has 102 valence electrons. The summed E-state index contributed by atoms with van der Waals surface area (Å²) in [4.78, 5) is 0. The molecular formula is C16H19ClNO-. The summed E-state index contributed by atoms with van der Waals surface area (Å²) in [6, 6.07) is 19.0. The van der Waals surface area contributed by atoms with Crippen LogP contribution >= 0.6 is 0 Å². The number of halogens is 1. The summed E-state index contributed by atoms with van der Waals surface area (Å²) in [6.07, 6.45) is 0.808. The molecule has 2 N–H and O–H groups in total. The average molecular weight is 277 g/mol. The average Bonchev–Trinajstić information content (AvgIpc) is 2.45. The topological polar surface area (TPSA) is 32.3 Å². The molecule has 0 aliphatic rings. The first-order valence-electron chi connectivity index (χ1n) is 6.36. The van der Waals surface area contributed by atoms with Crippen molar-refractivity contribution in [1.82, 2.24) is 5.32 Å². The van der Waals surface area contributed by atoms with Crippen LogP contribution in [0.15, 0.2) is 54.6 Å². The molecule has 2 aromatic carbocycles. The predicted octanol–water partition coefficient (Wildman–Crippen LogP) is -0.170. The van der Waals surface area contributed by atoms with Crippen molar-refractivity contribution in [1.29, 1.82) is 0 Å². The summed E-state index contributed by atoms with van der Waals surface area (Å²) in [6.45, 7) is 1.96. The standard InChI is InChI=1S/C16H19NO.ClH/c18-12-4-11-17-13-14-7-9-16(10-8-14)15-5-2-1-3-6-15;/h1-3,5-10,17-18H,4,11-13H2;1H/p-1. The van der Waals surface area contributed by atoms with Crippen LogP contribution < -0.4 is 17.7 Å². The second-order valence-electron chi connectivity index (χ2n) is 4.32. The Morgan fingerprint density at radius 1 is 0.842 bits per heavy atom. The Morgan fingerprint density at radius 3 is 2.11 bits per heavy atom. The molecule has 0 heterocycles. The third kappa shape index (κ3) is 5.03. The van der Waals surface area contributed by atoms with E-state index >= 15 is 0 Å². The van der Waals surface area contributed by atoms with Gasteiger partial charge in [0.1, 0.15) is 0 Å². The Hall–Kier alpha value is -1.35. The molecule has 0 radical (unpaired) electrons. The summed E-state index contributed by atoms with van der Waals surface area (Å²) >= 11 is 0. The summed E-state index contributed by atoms with van der Waals surface area (Å²) in [5.41, 5.74) is 3.76. The Balaban J connectivity index is 0.00000180. The molecule has 0 aliphatic heterocycles. The monoisotopic (exact) mass is 276 g/mol. The van der Waals surface area contributed by atoms with Gasteiger partial charge < -0.3 is 22.8 Å². The maximum Gasteiger partial charge on any atom is 0.0443 e. The van der Waals surface area contributed by atoms with Crippen molar-refractivity contribution in [3.8, 4) is 11.1 Å². The highest BCUT2D eigenvalue weighted by Gasteiger charge is 1.97. The fraction of sp³-hybridized carbons (Fsp3) is 0.250. The van der Waals surface area contributed by atoms with Crippen LogP contribution in [-0.4, -0.2) is 18.3 Å². The summed E-state index contributed by atoms with van der Waals surface area (Å²) < 4.78 is 0. The molecule has 3 heteroatoms. The molecule has 2 aromatic rings. The van der Waals surface area contributed by atoms with Gasteiger partial charge in [-0.25, -0.2) is 0 Å². The maximum absolute atomic E-state index is 8.69. The van der Waals surface area contributed by atoms with Crippen LogP contribution in [0.1, 0.15) is 12.0 Å².